The number of ether oxygens (including phenoxy) is 2. The second-order valence-electron chi connectivity index (χ2n) is 6.43. The summed E-state index contributed by atoms with van der Waals surface area (Å²) in [6.45, 7) is 0.0137. The first-order valence-corrected chi connectivity index (χ1v) is 10.2. The van der Waals surface area contributed by atoms with Crippen molar-refractivity contribution in [1.82, 2.24) is 4.98 Å². The summed E-state index contributed by atoms with van der Waals surface area (Å²) in [5.74, 6) is -0.122. The Morgan fingerprint density at radius 1 is 1.10 bits per heavy atom. The highest BCUT2D eigenvalue weighted by Gasteiger charge is 2.17. The van der Waals surface area contributed by atoms with E-state index in [0.717, 1.165) is 16.3 Å². The molecule has 2 aromatic carbocycles. The quantitative estimate of drug-likeness (QED) is 0.411. The van der Waals surface area contributed by atoms with Gasteiger partial charge in [0, 0.05) is 10.9 Å². The Bertz CT molecular complexity index is 1200. The minimum Gasteiger partial charge on any atom is -0.497 e. The summed E-state index contributed by atoms with van der Waals surface area (Å²) in [6, 6.07) is 17.4. The number of amides is 1. The number of para-hydroxylation sites is 1. The van der Waals surface area contributed by atoms with Gasteiger partial charge in [-0.2, -0.15) is 0 Å². The van der Waals surface area contributed by atoms with E-state index in [0.29, 0.717) is 11.4 Å². The molecule has 0 aliphatic heterocycles. The molecule has 0 atom stereocenters. The molecule has 1 amide bonds. The van der Waals surface area contributed by atoms with E-state index < -0.39 is 11.9 Å². The Labute approximate surface area is 182 Å². The van der Waals surface area contributed by atoms with Gasteiger partial charge in [-0.1, -0.05) is 24.3 Å². The Kier molecular flexibility index (Phi) is 6.09. The molecule has 2 heterocycles. The van der Waals surface area contributed by atoms with E-state index in [1.165, 1.54) is 17.6 Å². The molecule has 0 saturated carbocycles. The van der Waals surface area contributed by atoms with Gasteiger partial charge in [0.1, 0.15) is 17.4 Å². The molecule has 1 N–H and O–H groups in total. The number of rotatable bonds is 7. The highest BCUT2D eigenvalue weighted by atomic mass is 32.1. The van der Waals surface area contributed by atoms with Crippen molar-refractivity contribution in [3.8, 4) is 16.3 Å². The number of hydrogen-bond acceptors (Lipinski definition) is 7. The fraction of sp³-hybridized carbons (Fsp3) is 0.0870. The number of carbonyl (C=O) groups is 2. The van der Waals surface area contributed by atoms with Crippen molar-refractivity contribution in [2.75, 3.05) is 12.4 Å². The van der Waals surface area contributed by atoms with Crippen LogP contribution in [0.25, 0.3) is 10.6 Å². The lowest BCUT2D eigenvalue weighted by atomic mass is 10.1. The molecule has 8 heteroatoms. The molecular weight excluding hydrogens is 416 g/mol. The molecule has 0 spiro atoms. The molecular formula is C23H18N2O5S. The molecule has 4 rings (SSSR count). The second-order valence-corrected chi connectivity index (χ2v) is 7.29. The van der Waals surface area contributed by atoms with Crippen molar-refractivity contribution in [3.05, 3.63) is 89.3 Å². The van der Waals surface area contributed by atoms with Crippen LogP contribution in [-0.4, -0.2) is 24.0 Å². The van der Waals surface area contributed by atoms with Crippen LogP contribution in [0.1, 0.15) is 26.6 Å². The van der Waals surface area contributed by atoms with E-state index >= 15 is 0 Å². The number of aromatic nitrogens is 1. The Morgan fingerprint density at radius 3 is 2.77 bits per heavy atom. The molecule has 7 nitrogen and oxygen atoms in total. The first-order valence-electron chi connectivity index (χ1n) is 9.34. The van der Waals surface area contributed by atoms with Crippen LogP contribution >= 0.6 is 11.3 Å². The molecule has 4 aromatic rings. The van der Waals surface area contributed by atoms with Gasteiger partial charge in [-0.25, -0.2) is 9.78 Å². The number of esters is 1. The fourth-order valence-corrected chi connectivity index (χ4v) is 3.64. The zero-order valence-corrected chi connectivity index (χ0v) is 17.3. The number of nitrogens with one attached hydrogen (secondary N) is 1. The van der Waals surface area contributed by atoms with Crippen molar-refractivity contribution in [2.45, 2.75) is 6.61 Å². The lowest BCUT2D eigenvalue weighted by molar-refractivity contribution is 0.0469. The second kappa shape index (κ2) is 9.27. The highest BCUT2D eigenvalue weighted by Crippen LogP contribution is 2.27. The SMILES string of the molecule is COc1cccc(-c2nc(COC(=O)c3ccccc3NC(=O)c3ccco3)cs2)c1. The van der Waals surface area contributed by atoms with Crippen molar-refractivity contribution in [2.24, 2.45) is 0 Å². The number of nitrogens with zero attached hydrogens (tertiary/aromatic N) is 1. The zero-order valence-electron chi connectivity index (χ0n) is 16.5. The third-order valence-corrected chi connectivity index (χ3v) is 5.30. The van der Waals surface area contributed by atoms with Crippen molar-refractivity contribution in [1.29, 1.82) is 0 Å². The summed E-state index contributed by atoms with van der Waals surface area (Å²) in [4.78, 5) is 29.4. The normalized spacial score (nSPS) is 10.5. The Hall–Kier alpha value is -3.91. The summed E-state index contributed by atoms with van der Waals surface area (Å²) < 4.78 is 15.8. The predicted octanol–water partition coefficient (Wildman–Crippen LogP) is 5.02. The van der Waals surface area contributed by atoms with Crippen LogP contribution in [0.3, 0.4) is 0 Å². The minimum atomic E-state index is -0.564. The Balaban J connectivity index is 1.43. The number of methoxy groups -OCH3 is 1. The molecule has 0 bridgehead atoms. The van der Waals surface area contributed by atoms with Gasteiger partial charge in [0.25, 0.3) is 5.91 Å². The van der Waals surface area contributed by atoms with Gasteiger partial charge in [0.2, 0.25) is 0 Å². The smallest absolute Gasteiger partial charge is 0.340 e. The van der Waals surface area contributed by atoms with Crippen LogP contribution < -0.4 is 10.1 Å². The average molecular weight is 434 g/mol. The van der Waals surface area contributed by atoms with Gasteiger partial charge >= 0.3 is 5.97 Å². The number of benzene rings is 2. The molecule has 0 saturated heterocycles. The van der Waals surface area contributed by atoms with E-state index in [4.69, 9.17) is 13.9 Å². The summed E-state index contributed by atoms with van der Waals surface area (Å²) in [5.41, 5.74) is 2.14. The lowest BCUT2D eigenvalue weighted by Crippen LogP contribution is -2.15. The van der Waals surface area contributed by atoms with Gasteiger partial charge < -0.3 is 19.2 Å². The standard InChI is InChI=1S/C23H18N2O5S/c1-28-17-7-4-6-15(12-17)22-24-16(14-31-22)13-30-23(27)18-8-2-3-9-19(18)25-21(26)20-10-5-11-29-20/h2-12,14H,13H2,1H3,(H,25,26). The molecule has 2 aromatic heterocycles. The molecule has 31 heavy (non-hydrogen) atoms. The average Bonchev–Trinajstić information content (AvgIpc) is 3.50. The molecule has 0 aliphatic carbocycles. The molecule has 0 radical (unpaired) electrons. The van der Waals surface area contributed by atoms with E-state index in [1.54, 1.807) is 43.5 Å². The maximum Gasteiger partial charge on any atom is 0.340 e. The van der Waals surface area contributed by atoms with Crippen LogP contribution in [-0.2, 0) is 11.3 Å². The molecule has 0 unspecified atom stereocenters. The fourth-order valence-electron chi connectivity index (χ4n) is 2.84. The Morgan fingerprint density at radius 2 is 1.97 bits per heavy atom. The largest absolute Gasteiger partial charge is 0.497 e. The maximum atomic E-state index is 12.6. The topological polar surface area (TPSA) is 90.7 Å². The van der Waals surface area contributed by atoms with Gasteiger partial charge in [-0.15, -0.1) is 11.3 Å². The van der Waals surface area contributed by atoms with Gasteiger partial charge in [0.15, 0.2) is 5.76 Å². The minimum absolute atomic E-state index is 0.0137. The third-order valence-electron chi connectivity index (χ3n) is 4.36. The van der Waals surface area contributed by atoms with Crippen LogP contribution in [0.15, 0.2) is 76.7 Å². The maximum absolute atomic E-state index is 12.6. The number of thiazole rings is 1. The first kappa shape index (κ1) is 20.4. The van der Waals surface area contributed by atoms with E-state index in [-0.39, 0.29) is 17.9 Å². The van der Waals surface area contributed by atoms with Gasteiger partial charge in [-0.05, 0) is 36.4 Å². The first-order chi connectivity index (χ1) is 15.1. The highest BCUT2D eigenvalue weighted by molar-refractivity contribution is 7.13. The predicted molar refractivity (Wildman–Crippen MR) is 116 cm³/mol. The van der Waals surface area contributed by atoms with E-state index in [9.17, 15) is 9.59 Å². The summed E-state index contributed by atoms with van der Waals surface area (Å²) in [5, 5.41) is 5.31. The number of carbonyl (C=O) groups excluding carboxylic acids is 2. The van der Waals surface area contributed by atoms with Gasteiger partial charge in [0.05, 0.1) is 30.3 Å². The summed E-state index contributed by atoms with van der Waals surface area (Å²) >= 11 is 1.45. The van der Waals surface area contributed by atoms with Crippen LogP contribution in [0.2, 0.25) is 0 Å². The van der Waals surface area contributed by atoms with E-state index in [1.807, 2.05) is 29.6 Å². The monoisotopic (exact) mass is 434 g/mol. The number of hydrogen-bond donors (Lipinski definition) is 1. The number of furan rings is 1. The summed E-state index contributed by atoms with van der Waals surface area (Å²) in [7, 11) is 1.61. The van der Waals surface area contributed by atoms with Crippen molar-refractivity contribution in [3.63, 3.8) is 0 Å². The molecule has 0 aliphatic rings. The van der Waals surface area contributed by atoms with E-state index in [2.05, 4.69) is 10.3 Å². The van der Waals surface area contributed by atoms with Crippen LogP contribution in [0, 0.1) is 0 Å². The zero-order chi connectivity index (χ0) is 21.6. The third kappa shape index (κ3) is 4.81. The van der Waals surface area contributed by atoms with Crippen LogP contribution in [0.4, 0.5) is 5.69 Å². The summed E-state index contributed by atoms with van der Waals surface area (Å²) in [6.07, 6.45) is 1.41. The van der Waals surface area contributed by atoms with Crippen molar-refractivity contribution < 1.29 is 23.5 Å². The van der Waals surface area contributed by atoms with Crippen LogP contribution in [0.5, 0.6) is 5.75 Å². The lowest BCUT2D eigenvalue weighted by Gasteiger charge is -2.09. The number of anilines is 1. The molecule has 156 valence electrons. The molecule has 0 fully saturated rings. The van der Waals surface area contributed by atoms with Gasteiger partial charge in [-0.3, -0.25) is 4.79 Å². The van der Waals surface area contributed by atoms with Crippen molar-refractivity contribution >= 4 is 28.9 Å².